The Bertz CT molecular complexity index is 754. The van der Waals surface area contributed by atoms with Crippen molar-refractivity contribution in [2.45, 2.75) is 13.8 Å². The highest BCUT2D eigenvalue weighted by molar-refractivity contribution is 5.95. The molecule has 6 heteroatoms. The van der Waals surface area contributed by atoms with Crippen LogP contribution < -0.4 is 5.43 Å². The third-order valence-corrected chi connectivity index (χ3v) is 3.08. The lowest BCUT2D eigenvalue weighted by Gasteiger charge is -2.02. The Morgan fingerprint density at radius 3 is 2.64 bits per heavy atom. The van der Waals surface area contributed by atoms with Crippen molar-refractivity contribution in [2.75, 3.05) is 0 Å². The number of hydrazone groups is 1. The van der Waals surface area contributed by atoms with E-state index in [4.69, 9.17) is 0 Å². The summed E-state index contributed by atoms with van der Waals surface area (Å²) in [6.45, 7) is 3.56. The first-order valence-electron chi connectivity index (χ1n) is 6.62. The maximum atomic E-state index is 11.9. The number of hydrogen-bond donors (Lipinski definition) is 1. The zero-order valence-corrected chi connectivity index (χ0v) is 12.2. The van der Waals surface area contributed by atoms with Crippen LogP contribution in [0.5, 0.6) is 0 Å². The number of aryl methyl sites for hydroxylation is 2. The second-order valence-electron chi connectivity index (χ2n) is 4.87. The number of rotatable bonds is 4. The second-order valence-corrected chi connectivity index (χ2v) is 4.87. The average Bonchev–Trinajstić information content (AvgIpc) is 2.46. The van der Waals surface area contributed by atoms with Gasteiger partial charge in [0.25, 0.3) is 11.6 Å². The molecule has 0 unspecified atom stereocenters. The van der Waals surface area contributed by atoms with Gasteiger partial charge in [-0.1, -0.05) is 29.8 Å². The lowest BCUT2D eigenvalue weighted by atomic mass is 10.1. The molecule has 0 atom stereocenters. The minimum atomic E-state index is -0.479. The van der Waals surface area contributed by atoms with Crippen molar-refractivity contribution in [3.8, 4) is 0 Å². The van der Waals surface area contributed by atoms with Gasteiger partial charge in [0.05, 0.1) is 11.1 Å². The van der Waals surface area contributed by atoms with Crippen molar-refractivity contribution >= 4 is 17.8 Å². The van der Waals surface area contributed by atoms with Crippen molar-refractivity contribution < 1.29 is 9.72 Å². The quantitative estimate of drug-likeness (QED) is 0.535. The van der Waals surface area contributed by atoms with Crippen molar-refractivity contribution in [1.82, 2.24) is 5.43 Å². The Hall–Kier alpha value is -3.02. The van der Waals surface area contributed by atoms with Gasteiger partial charge >= 0.3 is 0 Å². The summed E-state index contributed by atoms with van der Waals surface area (Å²) < 4.78 is 0. The van der Waals surface area contributed by atoms with Crippen molar-refractivity contribution in [2.24, 2.45) is 5.10 Å². The van der Waals surface area contributed by atoms with Gasteiger partial charge in [0.15, 0.2) is 0 Å². The maximum absolute atomic E-state index is 11.9. The smallest absolute Gasteiger partial charge is 0.267 e. The number of nitro groups is 1. The largest absolute Gasteiger partial charge is 0.272 e. The number of nitrogens with one attached hydrogen (secondary N) is 1. The van der Waals surface area contributed by atoms with Gasteiger partial charge in [-0.2, -0.15) is 5.10 Å². The molecule has 0 saturated carbocycles. The maximum Gasteiger partial charge on any atom is 0.272 e. The van der Waals surface area contributed by atoms with Crippen LogP contribution in [0, 0.1) is 24.0 Å². The fraction of sp³-hybridized carbons (Fsp3) is 0.125. The van der Waals surface area contributed by atoms with Crippen LogP contribution in [0.1, 0.15) is 27.0 Å². The van der Waals surface area contributed by atoms with E-state index in [1.54, 1.807) is 13.1 Å². The van der Waals surface area contributed by atoms with E-state index < -0.39 is 10.8 Å². The normalized spacial score (nSPS) is 10.6. The molecule has 22 heavy (non-hydrogen) atoms. The standard InChI is InChI=1S/C16H15N3O3/c1-11-4-3-5-13(8-11)10-17-18-16(20)14-6-7-15(19(21)22)12(2)9-14/h3-10H,1-2H3,(H,18,20). The molecule has 0 saturated heterocycles. The molecule has 2 aromatic rings. The van der Waals surface area contributed by atoms with Gasteiger partial charge in [0.2, 0.25) is 0 Å². The number of carbonyl (C=O) groups excluding carboxylic acids is 1. The first kappa shape index (κ1) is 15.4. The number of benzene rings is 2. The van der Waals surface area contributed by atoms with Crippen LogP contribution in [-0.2, 0) is 0 Å². The molecule has 2 rings (SSSR count). The summed E-state index contributed by atoms with van der Waals surface area (Å²) in [5.41, 5.74) is 5.12. The van der Waals surface area contributed by atoms with Crippen molar-refractivity contribution in [3.05, 3.63) is 74.8 Å². The monoisotopic (exact) mass is 297 g/mol. The molecular weight excluding hydrogens is 282 g/mol. The fourth-order valence-corrected chi connectivity index (χ4v) is 1.98. The van der Waals surface area contributed by atoms with Gasteiger partial charge in [-0.25, -0.2) is 5.43 Å². The Morgan fingerprint density at radius 2 is 2.00 bits per heavy atom. The van der Waals surface area contributed by atoms with Crippen LogP contribution in [0.4, 0.5) is 5.69 Å². The Morgan fingerprint density at radius 1 is 1.23 bits per heavy atom. The van der Waals surface area contributed by atoms with Gasteiger partial charge < -0.3 is 0 Å². The number of nitrogens with zero attached hydrogens (tertiary/aromatic N) is 2. The minimum absolute atomic E-state index is 0.0141. The summed E-state index contributed by atoms with van der Waals surface area (Å²) in [6.07, 6.45) is 1.54. The summed E-state index contributed by atoms with van der Waals surface area (Å²) in [7, 11) is 0. The van der Waals surface area contributed by atoms with E-state index >= 15 is 0 Å². The molecule has 0 bridgehead atoms. The molecule has 112 valence electrons. The third kappa shape index (κ3) is 3.76. The fourth-order valence-electron chi connectivity index (χ4n) is 1.98. The van der Waals surface area contributed by atoms with Crippen LogP contribution in [0.3, 0.4) is 0 Å². The van der Waals surface area contributed by atoms with Crippen LogP contribution in [0.2, 0.25) is 0 Å². The highest BCUT2D eigenvalue weighted by Crippen LogP contribution is 2.18. The summed E-state index contributed by atoms with van der Waals surface area (Å²) in [6, 6.07) is 11.9. The molecule has 0 aliphatic carbocycles. The molecule has 1 amide bonds. The number of nitro benzene ring substituents is 1. The van der Waals surface area contributed by atoms with E-state index in [-0.39, 0.29) is 5.69 Å². The summed E-state index contributed by atoms with van der Waals surface area (Å²) >= 11 is 0. The van der Waals surface area contributed by atoms with Gasteiger partial charge in [-0.05, 0) is 31.5 Å². The molecule has 0 heterocycles. The Kier molecular flexibility index (Phi) is 4.63. The topological polar surface area (TPSA) is 84.6 Å². The summed E-state index contributed by atoms with van der Waals surface area (Å²) in [4.78, 5) is 22.2. The molecule has 0 radical (unpaired) electrons. The van der Waals surface area contributed by atoms with Crippen molar-refractivity contribution in [3.63, 3.8) is 0 Å². The van der Waals surface area contributed by atoms with Gasteiger partial charge in [-0.15, -0.1) is 0 Å². The molecule has 2 aromatic carbocycles. The van der Waals surface area contributed by atoms with Crippen LogP contribution >= 0.6 is 0 Å². The molecule has 0 aromatic heterocycles. The third-order valence-electron chi connectivity index (χ3n) is 3.08. The van der Waals surface area contributed by atoms with Gasteiger partial charge in [0, 0.05) is 17.2 Å². The van der Waals surface area contributed by atoms with E-state index in [0.717, 1.165) is 11.1 Å². The summed E-state index contributed by atoms with van der Waals surface area (Å²) in [5, 5.41) is 14.6. The van der Waals surface area contributed by atoms with Crippen LogP contribution in [0.15, 0.2) is 47.6 Å². The molecule has 0 aliphatic rings. The van der Waals surface area contributed by atoms with E-state index in [9.17, 15) is 14.9 Å². The van der Waals surface area contributed by atoms with E-state index in [1.165, 1.54) is 18.2 Å². The SMILES string of the molecule is Cc1cccc(C=NNC(=O)c2ccc([N+](=O)[O-])c(C)c2)c1. The first-order chi connectivity index (χ1) is 10.5. The average molecular weight is 297 g/mol. The minimum Gasteiger partial charge on any atom is -0.267 e. The first-order valence-corrected chi connectivity index (χ1v) is 6.62. The number of amides is 1. The zero-order chi connectivity index (χ0) is 16.1. The summed E-state index contributed by atoms with van der Waals surface area (Å²) in [5.74, 6) is -0.415. The highest BCUT2D eigenvalue weighted by atomic mass is 16.6. The predicted octanol–water partition coefficient (Wildman–Crippen LogP) is 2.98. The van der Waals surface area contributed by atoms with Gasteiger partial charge in [-0.3, -0.25) is 14.9 Å². The molecule has 1 N–H and O–H groups in total. The lowest BCUT2D eigenvalue weighted by Crippen LogP contribution is -2.17. The molecule has 0 aliphatic heterocycles. The van der Waals surface area contributed by atoms with E-state index in [0.29, 0.717) is 11.1 Å². The molecular formula is C16H15N3O3. The predicted molar refractivity (Wildman–Crippen MR) is 84.1 cm³/mol. The van der Waals surface area contributed by atoms with E-state index in [1.807, 2.05) is 31.2 Å². The van der Waals surface area contributed by atoms with Crippen LogP contribution in [0.25, 0.3) is 0 Å². The zero-order valence-electron chi connectivity index (χ0n) is 12.2. The molecule has 6 nitrogen and oxygen atoms in total. The Balaban J connectivity index is 2.06. The number of carbonyl (C=O) groups is 1. The second kappa shape index (κ2) is 6.62. The molecule has 0 fully saturated rings. The van der Waals surface area contributed by atoms with Crippen molar-refractivity contribution in [1.29, 1.82) is 0 Å². The lowest BCUT2D eigenvalue weighted by molar-refractivity contribution is -0.385. The number of hydrogen-bond acceptors (Lipinski definition) is 4. The van der Waals surface area contributed by atoms with E-state index in [2.05, 4.69) is 10.5 Å². The highest BCUT2D eigenvalue weighted by Gasteiger charge is 2.13. The van der Waals surface area contributed by atoms with Gasteiger partial charge in [0.1, 0.15) is 0 Å². The van der Waals surface area contributed by atoms with Crippen LogP contribution in [-0.4, -0.2) is 17.0 Å². The Labute approximate surface area is 127 Å². The molecule has 0 spiro atoms.